The number of fused-ring (bicyclic) bond motifs is 1. The topological polar surface area (TPSA) is 81.8 Å². The van der Waals surface area contributed by atoms with Crippen LogP contribution in [0.2, 0.25) is 0 Å². The number of hydrogen-bond acceptors (Lipinski definition) is 4. The Hall–Kier alpha value is -3.81. The molecule has 0 spiro atoms. The zero-order valence-electron chi connectivity index (χ0n) is 19.2. The summed E-state index contributed by atoms with van der Waals surface area (Å²) in [7, 11) is 0. The number of amides is 1. The molecule has 5 rings (SSSR count). The fraction of sp³-hybridized carbons (Fsp3) is 0.308. The van der Waals surface area contributed by atoms with Crippen LogP contribution in [0.25, 0.3) is 16.6 Å². The van der Waals surface area contributed by atoms with Crippen molar-refractivity contribution < 1.29 is 9.18 Å². The van der Waals surface area contributed by atoms with Crippen LogP contribution in [0, 0.1) is 12.7 Å². The number of benzene rings is 2. The minimum absolute atomic E-state index is 0.0271. The lowest BCUT2D eigenvalue weighted by atomic mass is 10.1. The van der Waals surface area contributed by atoms with E-state index in [1.54, 1.807) is 33.6 Å². The van der Waals surface area contributed by atoms with Crippen molar-refractivity contribution in [3.8, 4) is 5.69 Å². The van der Waals surface area contributed by atoms with Crippen LogP contribution in [0.4, 0.5) is 4.39 Å². The molecule has 0 bridgehead atoms. The second-order valence-electron chi connectivity index (χ2n) is 8.81. The molecule has 7 nitrogen and oxygen atoms in total. The summed E-state index contributed by atoms with van der Waals surface area (Å²) >= 11 is 0. The molecule has 0 radical (unpaired) electrons. The largest absolute Gasteiger partial charge is 0.349 e. The molecule has 1 aliphatic rings. The van der Waals surface area contributed by atoms with Gasteiger partial charge in [-0.1, -0.05) is 12.1 Å². The Bertz CT molecular complexity index is 1420. The third-order valence-electron chi connectivity index (χ3n) is 6.33. The van der Waals surface area contributed by atoms with E-state index < -0.39 is 0 Å². The van der Waals surface area contributed by atoms with Crippen molar-refractivity contribution in [2.24, 2.45) is 0 Å². The molecule has 2 heterocycles. The number of rotatable bonds is 7. The summed E-state index contributed by atoms with van der Waals surface area (Å²) in [5.41, 5.74) is 3.15. The Morgan fingerprint density at radius 2 is 1.91 bits per heavy atom. The average Bonchev–Trinajstić information content (AvgIpc) is 3.59. The highest BCUT2D eigenvalue weighted by Crippen LogP contribution is 2.35. The molecule has 2 aromatic carbocycles. The van der Waals surface area contributed by atoms with E-state index in [9.17, 15) is 14.0 Å². The highest BCUT2D eigenvalue weighted by molar-refractivity contribution is 5.78. The molecule has 4 aromatic rings. The van der Waals surface area contributed by atoms with Crippen molar-refractivity contribution in [1.29, 1.82) is 0 Å². The van der Waals surface area contributed by atoms with E-state index in [4.69, 9.17) is 4.98 Å². The Labute approximate surface area is 196 Å². The van der Waals surface area contributed by atoms with E-state index in [1.807, 2.05) is 32.0 Å². The van der Waals surface area contributed by atoms with Crippen LogP contribution < -0.4 is 10.9 Å². The number of nitrogens with zero attached hydrogens (tertiary/aromatic N) is 4. The first-order chi connectivity index (χ1) is 16.4. The summed E-state index contributed by atoms with van der Waals surface area (Å²) in [5.74, 6) is 0.239. The van der Waals surface area contributed by atoms with Crippen molar-refractivity contribution in [1.82, 2.24) is 24.6 Å². The summed E-state index contributed by atoms with van der Waals surface area (Å²) < 4.78 is 16.7. The van der Waals surface area contributed by atoms with E-state index in [2.05, 4.69) is 10.4 Å². The molecular formula is C26H26FN5O2. The quantitative estimate of drug-likeness (QED) is 0.450. The third kappa shape index (κ3) is 4.23. The van der Waals surface area contributed by atoms with Crippen LogP contribution in [-0.4, -0.2) is 25.2 Å². The molecular weight excluding hydrogens is 433 g/mol. The Kier molecular flexibility index (Phi) is 5.73. The van der Waals surface area contributed by atoms with E-state index in [1.165, 1.54) is 12.1 Å². The minimum atomic E-state index is -0.303. The summed E-state index contributed by atoms with van der Waals surface area (Å²) in [6.07, 6.45) is 4.27. The van der Waals surface area contributed by atoms with Gasteiger partial charge in [-0.05, 0) is 63.1 Å². The van der Waals surface area contributed by atoms with E-state index in [0.29, 0.717) is 23.1 Å². The molecule has 0 saturated heterocycles. The molecule has 0 aliphatic heterocycles. The van der Waals surface area contributed by atoms with Gasteiger partial charge in [-0.2, -0.15) is 5.10 Å². The van der Waals surface area contributed by atoms with Crippen LogP contribution in [-0.2, 0) is 11.2 Å². The number of aromatic nitrogens is 4. The van der Waals surface area contributed by atoms with Crippen LogP contribution in [0.15, 0.2) is 59.5 Å². The molecule has 34 heavy (non-hydrogen) atoms. The van der Waals surface area contributed by atoms with Gasteiger partial charge >= 0.3 is 0 Å². The standard InChI is InChI=1S/C26H26FN5O2/c1-16(22-15-28-32(17(22)2)20-9-7-18(27)8-10-20)29-25(33)14-13-24-30-23-6-4-3-5-21(23)26(34)31(24)19-11-12-19/h3-10,15-16,19H,11-14H2,1-2H3,(H,29,33). The predicted octanol–water partition coefficient (Wildman–Crippen LogP) is 4.17. The maximum Gasteiger partial charge on any atom is 0.261 e. The first kappa shape index (κ1) is 22.0. The number of hydrogen-bond donors (Lipinski definition) is 1. The summed E-state index contributed by atoms with van der Waals surface area (Å²) in [6.45, 7) is 3.83. The van der Waals surface area contributed by atoms with Gasteiger partial charge in [0.2, 0.25) is 5.91 Å². The molecule has 1 fully saturated rings. The third-order valence-corrected chi connectivity index (χ3v) is 6.33. The minimum Gasteiger partial charge on any atom is -0.349 e. The normalized spacial score (nSPS) is 14.3. The predicted molar refractivity (Wildman–Crippen MR) is 127 cm³/mol. The number of nitrogens with one attached hydrogen (secondary N) is 1. The average molecular weight is 460 g/mol. The van der Waals surface area contributed by atoms with Gasteiger partial charge in [0, 0.05) is 30.1 Å². The maximum absolute atomic E-state index is 13.2. The highest BCUT2D eigenvalue weighted by atomic mass is 19.1. The summed E-state index contributed by atoms with van der Waals surface area (Å²) in [6, 6.07) is 13.4. The summed E-state index contributed by atoms with van der Waals surface area (Å²) in [4.78, 5) is 30.5. The Morgan fingerprint density at radius 3 is 2.65 bits per heavy atom. The van der Waals surface area contributed by atoms with Crippen molar-refractivity contribution in [3.63, 3.8) is 0 Å². The number of carbonyl (C=O) groups excluding carboxylic acids is 1. The molecule has 8 heteroatoms. The second-order valence-corrected chi connectivity index (χ2v) is 8.81. The van der Waals surface area contributed by atoms with Crippen molar-refractivity contribution in [2.45, 2.75) is 51.6 Å². The summed E-state index contributed by atoms with van der Waals surface area (Å²) in [5, 5.41) is 8.05. The van der Waals surface area contributed by atoms with Crippen molar-refractivity contribution in [2.75, 3.05) is 0 Å². The zero-order valence-corrected chi connectivity index (χ0v) is 19.2. The van der Waals surface area contributed by atoms with Gasteiger partial charge in [0.25, 0.3) is 5.56 Å². The number of carbonyl (C=O) groups is 1. The first-order valence-corrected chi connectivity index (χ1v) is 11.5. The zero-order chi connectivity index (χ0) is 23.8. The van der Waals surface area contributed by atoms with Gasteiger partial charge in [-0.25, -0.2) is 14.1 Å². The van der Waals surface area contributed by atoms with Gasteiger partial charge < -0.3 is 5.32 Å². The lowest BCUT2D eigenvalue weighted by molar-refractivity contribution is -0.121. The molecule has 174 valence electrons. The number of para-hydroxylation sites is 1. The van der Waals surface area contributed by atoms with Crippen molar-refractivity contribution >= 4 is 16.8 Å². The van der Waals surface area contributed by atoms with E-state index >= 15 is 0 Å². The molecule has 1 atom stereocenters. The number of halogens is 1. The molecule has 2 aromatic heterocycles. The Balaban J connectivity index is 1.29. The van der Waals surface area contributed by atoms with Crippen LogP contribution in [0.1, 0.15) is 55.4 Å². The van der Waals surface area contributed by atoms with E-state index in [-0.39, 0.29) is 35.8 Å². The first-order valence-electron chi connectivity index (χ1n) is 11.5. The monoisotopic (exact) mass is 459 g/mol. The lowest BCUT2D eigenvalue weighted by Gasteiger charge is -2.16. The number of aryl methyl sites for hydroxylation is 1. The highest BCUT2D eigenvalue weighted by Gasteiger charge is 2.28. The molecule has 1 aliphatic carbocycles. The SMILES string of the molecule is Cc1c(C(C)NC(=O)CCc2nc3ccccc3c(=O)n2C2CC2)cnn1-c1ccc(F)cc1. The molecule has 1 unspecified atom stereocenters. The van der Waals surface area contributed by atoms with Gasteiger partial charge in [-0.3, -0.25) is 14.2 Å². The van der Waals surface area contributed by atoms with Crippen LogP contribution in [0.3, 0.4) is 0 Å². The maximum atomic E-state index is 13.2. The smallest absolute Gasteiger partial charge is 0.261 e. The van der Waals surface area contributed by atoms with Crippen LogP contribution in [0.5, 0.6) is 0 Å². The fourth-order valence-electron chi connectivity index (χ4n) is 4.38. The van der Waals surface area contributed by atoms with E-state index in [0.717, 1.165) is 29.8 Å². The van der Waals surface area contributed by atoms with Gasteiger partial charge in [-0.15, -0.1) is 0 Å². The lowest BCUT2D eigenvalue weighted by Crippen LogP contribution is -2.29. The Morgan fingerprint density at radius 1 is 1.18 bits per heavy atom. The van der Waals surface area contributed by atoms with Gasteiger partial charge in [0.05, 0.1) is 28.8 Å². The van der Waals surface area contributed by atoms with Gasteiger partial charge in [0.1, 0.15) is 11.6 Å². The van der Waals surface area contributed by atoms with Crippen molar-refractivity contribution in [3.05, 3.63) is 88.0 Å². The molecule has 1 N–H and O–H groups in total. The second kappa shape index (κ2) is 8.85. The molecule has 1 amide bonds. The molecule has 1 saturated carbocycles. The fourth-order valence-corrected chi connectivity index (χ4v) is 4.38. The van der Waals surface area contributed by atoms with Gasteiger partial charge in [0.15, 0.2) is 0 Å². The van der Waals surface area contributed by atoms with Crippen LogP contribution >= 0.6 is 0 Å².